The molecule has 1 saturated carbocycles. The Morgan fingerprint density at radius 2 is 1.49 bits per heavy atom. The summed E-state index contributed by atoms with van der Waals surface area (Å²) in [6.45, 7) is 3.77. The third-order valence-corrected chi connectivity index (χ3v) is 8.25. The second-order valence-corrected chi connectivity index (χ2v) is 11.4. The number of nitrogens with zero attached hydrogens (tertiary/aromatic N) is 2. The van der Waals surface area contributed by atoms with Gasteiger partial charge < -0.3 is 19.7 Å². The zero-order valence-corrected chi connectivity index (χ0v) is 24.5. The average Bonchev–Trinajstić information content (AvgIpc) is 3.86. The maximum atomic E-state index is 13.3. The molecule has 0 bridgehead atoms. The van der Waals surface area contributed by atoms with Crippen LogP contribution in [-0.2, 0) is 24.4 Å². The first-order valence-electron chi connectivity index (χ1n) is 14.3. The van der Waals surface area contributed by atoms with Gasteiger partial charge in [0.1, 0.15) is 0 Å². The lowest BCUT2D eigenvalue weighted by atomic mass is 10.0. The van der Waals surface area contributed by atoms with E-state index in [0.29, 0.717) is 30.2 Å². The highest BCUT2D eigenvalue weighted by Gasteiger charge is 2.37. The quantitative estimate of drug-likeness (QED) is 0.318. The first-order valence-corrected chi connectivity index (χ1v) is 14.7. The van der Waals surface area contributed by atoms with Crippen molar-refractivity contribution in [3.63, 3.8) is 0 Å². The summed E-state index contributed by atoms with van der Waals surface area (Å²) in [4.78, 5) is 30.7. The van der Waals surface area contributed by atoms with Gasteiger partial charge >= 0.3 is 0 Å². The summed E-state index contributed by atoms with van der Waals surface area (Å²) in [5.41, 5.74) is 3.80. The van der Waals surface area contributed by atoms with E-state index in [9.17, 15) is 9.59 Å². The molecule has 0 atom stereocenters. The number of nitrogens with one attached hydrogen (secondary N) is 1. The summed E-state index contributed by atoms with van der Waals surface area (Å²) >= 11 is 6.04. The molecule has 8 heteroatoms. The molecule has 1 N–H and O–H groups in total. The zero-order chi connectivity index (χ0) is 28.8. The first-order chi connectivity index (χ1) is 19.9. The van der Waals surface area contributed by atoms with Gasteiger partial charge in [0.2, 0.25) is 5.91 Å². The highest BCUT2D eigenvalue weighted by molar-refractivity contribution is 6.30. The number of hydrogen-bond donors (Lipinski definition) is 1. The second kappa shape index (κ2) is 13.4. The molecule has 3 aromatic rings. The number of carbonyl (C=O) groups is 2. The predicted octanol–water partition coefficient (Wildman–Crippen LogP) is 5.69. The highest BCUT2D eigenvalue weighted by atomic mass is 35.5. The Kier molecular flexibility index (Phi) is 9.47. The molecule has 5 rings (SSSR count). The lowest BCUT2D eigenvalue weighted by molar-refractivity contribution is -0.136. The van der Waals surface area contributed by atoms with E-state index in [4.69, 9.17) is 21.1 Å². The molecule has 0 aromatic heterocycles. The third-order valence-electron chi connectivity index (χ3n) is 8.00. The summed E-state index contributed by atoms with van der Waals surface area (Å²) in [5.74, 6) is 1.57. The van der Waals surface area contributed by atoms with Gasteiger partial charge in [-0.15, -0.1) is 0 Å². The van der Waals surface area contributed by atoms with Crippen LogP contribution in [0.15, 0.2) is 66.7 Å². The van der Waals surface area contributed by atoms with Crippen molar-refractivity contribution >= 4 is 23.4 Å². The molecule has 2 amide bonds. The molecule has 41 heavy (non-hydrogen) atoms. The Labute approximate surface area is 247 Å². The van der Waals surface area contributed by atoms with Crippen LogP contribution < -0.4 is 14.8 Å². The van der Waals surface area contributed by atoms with E-state index in [2.05, 4.69) is 27.2 Å². The van der Waals surface area contributed by atoms with E-state index in [-0.39, 0.29) is 23.8 Å². The number of amides is 2. The van der Waals surface area contributed by atoms with Crippen LogP contribution in [-0.4, -0.2) is 55.0 Å². The number of hydrogen-bond acceptors (Lipinski definition) is 5. The van der Waals surface area contributed by atoms with Crippen LogP contribution in [0.4, 0.5) is 0 Å². The van der Waals surface area contributed by atoms with Gasteiger partial charge in [0, 0.05) is 55.3 Å². The van der Waals surface area contributed by atoms with Crippen LogP contribution >= 0.6 is 11.6 Å². The fourth-order valence-corrected chi connectivity index (χ4v) is 5.55. The standard InChI is InChI=1S/C33H38ClN3O4/c1-40-30-14-7-25(19-31(30)41-2)20-35-32(38)26-8-3-24(4-9-26)22-37(33(39)27-10-11-27)29-15-17-36(18-16-29)21-23-5-12-28(34)13-6-23/h3-9,12-14,19,27,29H,10-11,15-18,20-22H2,1-2H3,(H,35,38). The van der Waals surface area contributed by atoms with E-state index >= 15 is 0 Å². The number of ether oxygens (including phenoxy) is 2. The third kappa shape index (κ3) is 7.60. The van der Waals surface area contributed by atoms with Crippen molar-refractivity contribution in [3.8, 4) is 11.5 Å². The Bertz CT molecular complexity index is 1330. The van der Waals surface area contributed by atoms with Gasteiger partial charge in [0.05, 0.1) is 14.2 Å². The summed E-state index contributed by atoms with van der Waals surface area (Å²) in [6, 6.07) is 21.5. The van der Waals surface area contributed by atoms with Crippen molar-refractivity contribution in [2.24, 2.45) is 5.92 Å². The molecule has 2 aliphatic rings. The molecule has 216 valence electrons. The molecule has 1 saturated heterocycles. The molecule has 1 aliphatic carbocycles. The number of likely N-dealkylation sites (tertiary alicyclic amines) is 1. The summed E-state index contributed by atoms with van der Waals surface area (Å²) < 4.78 is 10.6. The number of carbonyl (C=O) groups excluding carboxylic acids is 2. The second-order valence-electron chi connectivity index (χ2n) is 10.9. The highest BCUT2D eigenvalue weighted by Crippen LogP contribution is 2.34. The molecule has 7 nitrogen and oxygen atoms in total. The van der Waals surface area contributed by atoms with Gasteiger partial charge in [0.25, 0.3) is 5.91 Å². The van der Waals surface area contributed by atoms with Gasteiger partial charge in [-0.1, -0.05) is 41.9 Å². The SMILES string of the molecule is COc1ccc(CNC(=O)c2ccc(CN(C(=O)C3CC3)C3CCN(Cc4ccc(Cl)cc4)CC3)cc2)cc1OC. The Hall–Kier alpha value is -3.55. The molecule has 2 fully saturated rings. The van der Waals surface area contributed by atoms with Crippen LogP contribution in [0.25, 0.3) is 0 Å². The molecular weight excluding hydrogens is 538 g/mol. The molecule has 0 spiro atoms. The maximum Gasteiger partial charge on any atom is 0.251 e. The van der Waals surface area contributed by atoms with E-state index in [1.54, 1.807) is 14.2 Å². The number of benzene rings is 3. The number of rotatable bonds is 11. The van der Waals surface area contributed by atoms with Crippen molar-refractivity contribution in [1.82, 2.24) is 15.1 Å². The van der Waals surface area contributed by atoms with Crippen molar-refractivity contribution in [1.29, 1.82) is 0 Å². The van der Waals surface area contributed by atoms with Gasteiger partial charge in [-0.2, -0.15) is 0 Å². The average molecular weight is 576 g/mol. The number of piperidine rings is 1. The van der Waals surface area contributed by atoms with Crippen molar-refractivity contribution in [2.45, 2.75) is 51.4 Å². The van der Waals surface area contributed by atoms with E-state index in [1.165, 1.54) is 5.56 Å². The van der Waals surface area contributed by atoms with Crippen molar-refractivity contribution < 1.29 is 19.1 Å². The van der Waals surface area contributed by atoms with Crippen LogP contribution in [0.5, 0.6) is 11.5 Å². The van der Waals surface area contributed by atoms with Crippen LogP contribution in [0.2, 0.25) is 5.02 Å². The Morgan fingerprint density at radius 3 is 2.12 bits per heavy atom. The fraction of sp³-hybridized carbons (Fsp3) is 0.394. The maximum absolute atomic E-state index is 13.3. The van der Waals surface area contributed by atoms with E-state index in [1.807, 2.05) is 54.6 Å². The molecule has 3 aromatic carbocycles. The first kappa shape index (κ1) is 29.0. The van der Waals surface area contributed by atoms with Gasteiger partial charge in [0.15, 0.2) is 11.5 Å². The number of methoxy groups -OCH3 is 2. The minimum Gasteiger partial charge on any atom is -0.493 e. The van der Waals surface area contributed by atoms with Crippen molar-refractivity contribution in [2.75, 3.05) is 27.3 Å². The van der Waals surface area contributed by atoms with E-state index < -0.39 is 0 Å². The summed E-state index contributed by atoms with van der Waals surface area (Å²) in [6.07, 6.45) is 3.90. The van der Waals surface area contributed by atoms with Crippen LogP contribution in [0.3, 0.4) is 0 Å². The molecule has 0 unspecified atom stereocenters. The molecule has 1 heterocycles. The smallest absolute Gasteiger partial charge is 0.251 e. The largest absolute Gasteiger partial charge is 0.493 e. The predicted molar refractivity (Wildman–Crippen MR) is 160 cm³/mol. The van der Waals surface area contributed by atoms with Crippen LogP contribution in [0, 0.1) is 5.92 Å². The summed E-state index contributed by atoms with van der Waals surface area (Å²) in [5, 5.41) is 3.73. The monoisotopic (exact) mass is 575 g/mol. The van der Waals surface area contributed by atoms with Gasteiger partial charge in [-0.25, -0.2) is 0 Å². The Balaban J connectivity index is 1.16. The van der Waals surface area contributed by atoms with Crippen LogP contribution in [0.1, 0.15) is 52.7 Å². The Morgan fingerprint density at radius 1 is 0.854 bits per heavy atom. The summed E-state index contributed by atoms with van der Waals surface area (Å²) in [7, 11) is 3.18. The van der Waals surface area contributed by atoms with E-state index in [0.717, 1.165) is 61.5 Å². The lowest BCUT2D eigenvalue weighted by Crippen LogP contribution is -2.47. The topological polar surface area (TPSA) is 71.1 Å². The minimum absolute atomic E-state index is 0.148. The molecular formula is C33H38ClN3O4. The fourth-order valence-electron chi connectivity index (χ4n) is 5.42. The van der Waals surface area contributed by atoms with Gasteiger partial charge in [-0.05, 0) is 78.8 Å². The molecule has 1 aliphatic heterocycles. The zero-order valence-electron chi connectivity index (χ0n) is 23.8. The van der Waals surface area contributed by atoms with Crippen molar-refractivity contribution in [3.05, 3.63) is 94.0 Å². The molecule has 0 radical (unpaired) electrons. The number of halogens is 1. The lowest BCUT2D eigenvalue weighted by Gasteiger charge is -2.39. The normalized spacial score (nSPS) is 15.8. The minimum atomic E-state index is -0.148. The van der Waals surface area contributed by atoms with Gasteiger partial charge in [-0.3, -0.25) is 14.5 Å².